The summed E-state index contributed by atoms with van der Waals surface area (Å²) in [5.74, 6) is 0. The normalized spacial score (nSPS) is 15.4. The molecule has 3 rings (SSSR count). The number of hydrogen-bond acceptors (Lipinski definition) is 1. The molecular formula is C16H19NO. The minimum absolute atomic E-state index is 0.221. The lowest BCUT2D eigenvalue weighted by molar-refractivity contribution is 0.303. The van der Waals surface area contributed by atoms with Crippen molar-refractivity contribution in [2.24, 2.45) is 0 Å². The zero-order valence-corrected chi connectivity index (χ0v) is 10.6. The van der Waals surface area contributed by atoms with E-state index >= 15 is 0 Å². The molecule has 1 aliphatic rings. The topological polar surface area (TPSA) is 36.0 Å². The number of benzene rings is 1. The fourth-order valence-electron chi connectivity index (χ4n) is 2.82. The number of aryl methyl sites for hydroxylation is 2. The van der Waals surface area contributed by atoms with Crippen LogP contribution in [0.4, 0.5) is 0 Å². The second-order valence-corrected chi connectivity index (χ2v) is 5.01. The molecule has 2 nitrogen and oxygen atoms in total. The average Bonchev–Trinajstić information content (AvgIpc) is 2.77. The van der Waals surface area contributed by atoms with Gasteiger partial charge in [-0.25, -0.2) is 0 Å². The Morgan fingerprint density at radius 3 is 3.00 bits per heavy atom. The molecule has 94 valence electrons. The van der Waals surface area contributed by atoms with Gasteiger partial charge in [0.1, 0.15) is 0 Å². The van der Waals surface area contributed by atoms with Crippen LogP contribution in [0.1, 0.15) is 36.1 Å². The van der Waals surface area contributed by atoms with E-state index in [9.17, 15) is 0 Å². The minimum Gasteiger partial charge on any atom is -0.396 e. The van der Waals surface area contributed by atoms with Gasteiger partial charge in [-0.2, -0.15) is 0 Å². The van der Waals surface area contributed by atoms with Crippen LogP contribution < -0.4 is 0 Å². The second kappa shape index (κ2) is 4.99. The molecule has 2 N–H and O–H groups in total. The van der Waals surface area contributed by atoms with Gasteiger partial charge in [0, 0.05) is 23.2 Å². The monoisotopic (exact) mass is 241 g/mol. The van der Waals surface area contributed by atoms with Gasteiger partial charge in [-0.05, 0) is 55.4 Å². The molecule has 0 fully saturated rings. The van der Waals surface area contributed by atoms with Crippen LogP contribution in [0, 0.1) is 0 Å². The number of aromatic nitrogens is 1. The van der Waals surface area contributed by atoms with Crippen LogP contribution >= 0.6 is 0 Å². The van der Waals surface area contributed by atoms with E-state index in [4.69, 9.17) is 5.11 Å². The second-order valence-electron chi connectivity index (χ2n) is 5.01. The summed E-state index contributed by atoms with van der Waals surface area (Å²) >= 11 is 0. The highest BCUT2D eigenvalue weighted by Crippen LogP contribution is 2.29. The van der Waals surface area contributed by atoms with Crippen molar-refractivity contribution in [3.05, 3.63) is 41.1 Å². The first-order valence-corrected chi connectivity index (χ1v) is 6.79. The summed E-state index contributed by atoms with van der Waals surface area (Å²) in [5, 5.41) is 10.2. The van der Waals surface area contributed by atoms with E-state index in [1.54, 1.807) is 0 Å². The van der Waals surface area contributed by atoms with Gasteiger partial charge in [0.05, 0.1) is 0 Å². The van der Waals surface area contributed by atoms with E-state index in [-0.39, 0.29) is 6.61 Å². The molecule has 1 aliphatic carbocycles. The lowest BCUT2D eigenvalue weighted by Crippen LogP contribution is -1.99. The molecule has 0 unspecified atom stereocenters. The molecule has 0 atom stereocenters. The molecule has 2 aromatic rings. The molecule has 0 amide bonds. The van der Waals surface area contributed by atoms with E-state index in [0.29, 0.717) is 0 Å². The van der Waals surface area contributed by atoms with Crippen molar-refractivity contribution in [2.75, 3.05) is 6.61 Å². The summed E-state index contributed by atoms with van der Waals surface area (Å²) in [5.41, 5.74) is 5.45. The molecule has 2 heteroatoms. The van der Waals surface area contributed by atoms with Gasteiger partial charge < -0.3 is 10.1 Å². The average molecular weight is 241 g/mol. The Balaban J connectivity index is 2.00. The first-order chi connectivity index (χ1) is 8.88. The Morgan fingerprint density at radius 1 is 1.22 bits per heavy atom. The SMILES string of the molecule is OCCC=Cc1ccc2[nH]c3c(c2c1)CCCC3. The molecular weight excluding hydrogens is 222 g/mol. The van der Waals surface area contributed by atoms with E-state index in [1.807, 2.05) is 6.08 Å². The Bertz CT molecular complexity index is 580. The number of fused-ring (bicyclic) bond motifs is 3. The Morgan fingerprint density at radius 2 is 2.11 bits per heavy atom. The lowest BCUT2D eigenvalue weighted by atomic mass is 9.95. The molecule has 0 spiro atoms. The number of hydrogen-bond donors (Lipinski definition) is 2. The smallest absolute Gasteiger partial charge is 0.0465 e. The Kier molecular flexibility index (Phi) is 3.20. The van der Waals surface area contributed by atoms with E-state index < -0.39 is 0 Å². The van der Waals surface area contributed by atoms with Crippen LogP contribution in [-0.4, -0.2) is 16.7 Å². The highest BCUT2D eigenvalue weighted by Gasteiger charge is 2.14. The van der Waals surface area contributed by atoms with Gasteiger partial charge in [-0.15, -0.1) is 0 Å². The summed E-state index contributed by atoms with van der Waals surface area (Å²) in [6.45, 7) is 0.221. The highest BCUT2D eigenvalue weighted by atomic mass is 16.2. The van der Waals surface area contributed by atoms with Crippen LogP contribution in [-0.2, 0) is 12.8 Å². The molecule has 18 heavy (non-hydrogen) atoms. The third-order valence-electron chi connectivity index (χ3n) is 3.73. The molecule has 1 aromatic heterocycles. The zero-order valence-electron chi connectivity index (χ0n) is 10.6. The van der Waals surface area contributed by atoms with Crippen LogP contribution in [0.25, 0.3) is 17.0 Å². The maximum Gasteiger partial charge on any atom is 0.0465 e. The number of rotatable bonds is 3. The van der Waals surface area contributed by atoms with Crippen LogP contribution in [0.2, 0.25) is 0 Å². The molecule has 1 heterocycles. The van der Waals surface area contributed by atoms with Crippen molar-refractivity contribution in [3.63, 3.8) is 0 Å². The maximum absolute atomic E-state index is 8.78. The fraction of sp³-hybridized carbons (Fsp3) is 0.375. The van der Waals surface area contributed by atoms with Gasteiger partial charge in [0.2, 0.25) is 0 Å². The van der Waals surface area contributed by atoms with E-state index in [1.165, 1.54) is 53.4 Å². The summed E-state index contributed by atoms with van der Waals surface area (Å²) in [6.07, 6.45) is 9.87. The van der Waals surface area contributed by atoms with Crippen molar-refractivity contribution >= 4 is 17.0 Å². The predicted octanol–water partition coefficient (Wildman–Crippen LogP) is 3.44. The third kappa shape index (κ3) is 2.08. The number of nitrogens with one attached hydrogen (secondary N) is 1. The molecule has 1 aromatic carbocycles. The van der Waals surface area contributed by atoms with E-state index in [0.717, 1.165) is 6.42 Å². The zero-order chi connectivity index (χ0) is 12.4. The summed E-state index contributed by atoms with van der Waals surface area (Å²) in [4.78, 5) is 3.55. The lowest BCUT2D eigenvalue weighted by Gasteiger charge is -2.10. The first-order valence-electron chi connectivity index (χ1n) is 6.79. The largest absolute Gasteiger partial charge is 0.396 e. The quantitative estimate of drug-likeness (QED) is 0.848. The molecule has 0 aliphatic heterocycles. The van der Waals surface area contributed by atoms with Crippen molar-refractivity contribution in [3.8, 4) is 0 Å². The number of aromatic amines is 1. The van der Waals surface area contributed by atoms with Gasteiger partial charge in [0.15, 0.2) is 0 Å². The number of H-pyrrole nitrogens is 1. The van der Waals surface area contributed by atoms with Crippen molar-refractivity contribution in [1.29, 1.82) is 0 Å². The molecule has 0 saturated heterocycles. The number of aliphatic hydroxyl groups excluding tert-OH is 1. The van der Waals surface area contributed by atoms with Crippen molar-refractivity contribution in [2.45, 2.75) is 32.1 Å². The van der Waals surface area contributed by atoms with Crippen LogP contribution in [0.5, 0.6) is 0 Å². The van der Waals surface area contributed by atoms with Gasteiger partial charge in [-0.3, -0.25) is 0 Å². The Hall–Kier alpha value is -1.54. The van der Waals surface area contributed by atoms with Crippen molar-refractivity contribution < 1.29 is 5.11 Å². The summed E-state index contributed by atoms with van der Waals surface area (Å²) < 4.78 is 0. The molecule has 0 radical (unpaired) electrons. The highest BCUT2D eigenvalue weighted by molar-refractivity contribution is 5.87. The van der Waals surface area contributed by atoms with Crippen LogP contribution in [0.15, 0.2) is 24.3 Å². The third-order valence-corrected chi connectivity index (χ3v) is 3.73. The fourth-order valence-corrected chi connectivity index (χ4v) is 2.82. The standard InChI is InChI=1S/C16H19NO/c18-10-4-3-5-12-8-9-16-14(11-12)13-6-1-2-7-15(13)17-16/h3,5,8-9,11,17-18H,1-2,4,6-7,10H2. The summed E-state index contributed by atoms with van der Waals surface area (Å²) in [6, 6.07) is 6.58. The molecule has 0 bridgehead atoms. The predicted molar refractivity (Wildman–Crippen MR) is 75.7 cm³/mol. The van der Waals surface area contributed by atoms with Gasteiger partial charge in [-0.1, -0.05) is 18.2 Å². The Labute approximate surface area is 107 Å². The first kappa shape index (κ1) is 11.5. The van der Waals surface area contributed by atoms with Gasteiger partial charge >= 0.3 is 0 Å². The van der Waals surface area contributed by atoms with E-state index in [2.05, 4.69) is 29.3 Å². The van der Waals surface area contributed by atoms with Crippen molar-refractivity contribution in [1.82, 2.24) is 4.98 Å². The maximum atomic E-state index is 8.78. The molecule has 0 saturated carbocycles. The minimum atomic E-state index is 0.221. The van der Waals surface area contributed by atoms with Gasteiger partial charge in [0.25, 0.3) is 0 Å². The summed E-state index contributed by atoms with van der Waals surface area (Å²) in [7, 11) is 0. The number of aliphatic hydroxyl groups is 1. The van der Waals surface area contributed by atoms with Crippen LogP contribution in [0.3, 0.4) is 0 Å².